The van der Waals surface area contributed by atoms with E-state index in [0.717, 1.165) is 12.8 Å². The highest BCUT2D eigenvalue weighted by Gasteiger charge is 2.31. The lowest BCUT2D eigenvalue weighted by molar-refractivity contribution is -0.138. The van der Waals surface area contributed by atoms with E-state index in [4.69, 9.17) is 5.11 Å². The van der Waals surface area contributed by atoms with Gasteiger partial charge in [0.1, 0.15) is 0 Å². The number of carbonyl (C=O) groups is 2. The molecule has 0 aromatic rings. The summed E-state index contributed by atoms with van der Waals surface area (Å²) in [7, 11) is 0. The zero-order chi connectivity index (χ0) is 12.0. The van der Waals surface area contributed by atoms with Crippen LogP contribution >= 0.6 is 0 Å². The van der Waals surface area contributed by atoms with Crippen LogP contribution in [0.5, 0.6) is 0 Å². The van der Waals surface area contributed by atoms with E-state index in [2.05, 4.69) is 0 Å². The van der Waals surface area contributed by atoms with Gasteiger partial charge in [0, 0.05) is 18.7 Å². The van der Waals surface area contributed by atoms with Crippen LogP contribution in [0.15, 0.2) is 24.3 Å². The van der Waals surface area contributed by atoms with Crippen LogP contribution in [0.1, 0.15) is 26.2 Å². The van der Waals surface area contributed by atoms with Crippen molar-refractivity contribution in [2.24, 2.45) is 0 Å². The molecule has 0 bridgehead atoms. The van der Waals surface area contributed by atoms with Crippen LogP contribution in [-0.4, -0.2) is 34.5 Å². The Morgan fingerprint density at radius 1 is 1.38 bits per heavy atom. The van der Waals surface area contributed by atoms with E-state index in [-0.39, 0.29) is 18.4 Å². The molecule has 0 aliphatic heterocycles. The molecule has 16 heavy (non-hydrogen) atoms. The number of nitrogens with zero attached hydrogens (tertiary/aromatic N) is 1. The summed E-state index contributed by atoms with van der Waals surface area (Å²) in [6.45, 7) is 2.18. The summed E-state index contributed by atoms with van der Waals surface area (Å²) in [6, 6.07) is 0.252. The molecule has 0 spiro atoms. The van der Waals surface area contributed by atoms with Crippen molar-refractivity contribution in [2.75, 3.05) is 6.54 Å². The molecule has 0 atom stereocenters. The van der Waals surface area contributed by atoms with Crippen LogP contribution in [0.3, 0.4) is 0 Å². The number of carboxylic acid groups (broad SMARTS) is 1. The van der Waals surface area contributed by atoms with Gasteiger partial charge in [-0.25, -0.2) is 0 Å². The van der Waals surface area contributed by atoms with Crippen LogP contribution in [0, 0.1) is 0 Å². The van der Waals surface area contributed by atoms with Crippen molar-refractivity contribution in [1.29, 1.82) is 0 Å². The number of carbonyl (C=O) groups excluding carboxylic acids is 1. The van der Waals surface area contributed by atoms with Gasteiger partial charge in [0.2, 0.25) is 5.91 Å². The summed E-state index contributed by atoms with van der Waals surface area (Å²) < 4.78 is 0. The number of amides is 1. The smallest absolute Gasteiger partial charge is 0.305 e. The van der Waals surface area contributed by atoms with Crippen molar-refractivity contribution < 1.29 is 14.7 Å². The highest BCUT2D eigenvalue weighted by Crippen LogP contribution is 2.27. The first-order chi connectivity index (χ1) is 7.65. The second kappa shape index (κ2) is 6.10. The number of carboxylic acids is 1. The quantitative estimate of drug-likeness (QED) is 0.549. The molecule has 1 fully saturated rings. The molecule has 0 radical (unpaired) electrons. The lowest BCUT2D eigenvalue weighted by Crippen LogP contribution is -2.33. The Morgan fingerprint density at radius 3 is 2.56 bits per heavy atom. The number of allylic oxidation sites excluding steroid dienone is 3. The minimum Gasteiger partial charge on any atom is -0.481 e. The summed E-state index contributed by atoms with van der Waals surface area (Å²) in [4.78, 5) is 23.8. The van der Waals surface area contributed by atoms with Crippen molar-refractivity contribution in [3.05, 3.63) is 24.3 Å². The number of hydrogen-bond acceptors (Lipinski definition) is 2. The lowest BCUT2D eigenvalue weighted by atomic mass is 10.3. The second-order valence-corrected chi connectivity index (χ2v) is 3.79. The highest BCUT2D eigenvalue weighted by atomic mass is 16.4. The zero-order valence-corrected chi connectivity index (χ0v) is 9.43. The minimum atomic E-state index is -0.865. The lowest BCUT2D eigenvalue weighted by Gasteiger charge is -2.19. The van der Waals surface area contributed by atoms with E-state index in [1.165, 1.54) is 6.08 Å². The van der Waals surface area contributed by atoms with E-state index in [1.54, 1.807) is 17.1 Å². The molecule has 0 aromatic heterocycles. The van der Waals surface area contributed by atoms with Gasteiger partial charge >= 0.3 is 5.97 Å². The van der Waals surface area contributed by atoms with E-state index in [9.17, 15) is 9.59 Å². The van der Waals surface area contributed by atoms with Gasteiger partial charge in [0.15, 0.2) is 0 Å². The Labute approximate surface area is 95.2 Å². The molecule has 4 nitrogen and oxygen atoms in total. The first kappa shape index (κ1) is 12.5. The van der Waals surface area contributed by atoms with Gasteiger partial charge in [-0.3, -0.25) is 9.59 Å². The maximum Gasteiger partial charge on any atom is 0.305 e. The molecule has 0 saturated heterocycles. The molecule has 1 aliphatic rings. The van der Waals surface area contributed by atoms with Crippen LogP contribution in [0.4, 0.5) is 0 Å². The number of aliphatic carboxylic acids is 1. The Kier molecular flexibility index (Phi) is 4.76. The third-order valence-corrected chi connectivity index (χ3v) is 2.38. The van der Waals surface area contributed by atoms with Crippen LogP contribution < -0.4 is 0 Å². The minimum absolute atomic E-state index is 0.0136. The molecule has 1 saturated carbocycles. The standard InChI is InChI=1S/C12H17NO3/c1-2-3-4-5-11(14)13(10-6-7-10)9-8-12(15)16/h2-5,10H,6-9H2,1H3,(H,15,16)/b3-2+,5-4+. The first-order valence-corrected chi connectivity index (χ1v) is 5.47. The average Bonchev–Trinajstić information content (AvgIpc) is 3.02. The monoisotopic (exact) mass is 223 g/mol. The van der Waals surface area contributed by atoms with Crippen molar-refractivity contribution in [2.45, 2.75) is 32.2 Å². The van der Waals surface area contributed by atoms with Crippen molar-refractivity contribution >= 4 is 11.9 Å². The molecular weight excluding hydrogens is 206 g/mol. The molecule has 1 amide bonds. The molecule has 4 heteroatoms. The maximum atomic E-state index is 11.7. The molecule has 1 N–H and O–H groups in total. The fourth-order valence-electron chi connectivity index (χ4n) is 1.42. The Bertz CT molecular complexity index is 316. The maximum absolute atomic E-state index is 11.7. The molecular formula is C12H17NO3. The fraction of sp³-hybridized carbons (Fsp3) is 0.500. The van der Waals surface area contributed by atoms with Gasteiger partial charge in [-0.15, -0.1) is 0 Å². The molecule has 0 unspecified atom stereocenters. The number of rotatable bonds is 6. The SMILES string of the molecule is C/C=C/C=C/C(=O)N(CCC(=O)O)C1CC1. The molecule has 88 valence electrons. The van der Waals surface area contributed by atoms with Gasteiger partial charge in [-0.05, 0) is 19.8 Å². The number of hydrogen-bond donors (Lipinski definition) is 1. The van der Waals surface area contributed by atoms with Crippen molar-refractivity contribution in [1.82, 2.24) is 4.90 Å². The van der Waals surface area contributed by atoms with E-state index in [0.29, 0.717) is 6.54 Å². The third-order valence-electron chi connectivity index (χ3n) is 2.38. The Balaban J connectivity index is 2.48. The predicted molar refractivity (Wildman–Crippen MR) is 60.9 cm³/mol. The third kappa shape index (κ3) is 4.29. The summed E-state index contributed by atoms with van der Waals surface area (Å²) in [6.07, 6.45) is 8.77. The largest absolute Gasteiger partial charge is 0.481 e. The van der Waals surface area contributed by atoms with Gasteiger partial charge in [-0.2, -0.15) is 0 Å². The first-order valence-electron chi connectivity index (χ1n) is 5.47. The Hall–Kier alpha value is -1.58. The van der Waals surface area contributed by atoms with Crippen molar-refractivity contribution in [3.63, 3.8) is 0 Å². The van der Waals surface area contributed by atoms with Gasteiger partial charge < -0.3 is 10.0 Å². The van der Waals surface area contributed by atoms with Gasteiger partial charge in [-0.1, -0.05) is 18.2 Å². The van der Waals surface area contributed by atoms with E-state index >= 15 is 0 Å². The molecule has 1 rings (SSSR count). The van der Waals surface area contributed by atoms with Crippen LogP contribution in [0.25, 0.3) is 0 Å². The highest BCUT2D eigenvalue weighted by molar-refractivity contribution is 5.88. The van der Waals surface area contributed by atoms with Gasteiger partial charge in [0.25, 0.3) is 0 Å². The van der Waals surface area contributed by atoms with Crippen molar-refractivity contribution in [3.8, 4) is 0 Å². The predicted octanol–water partition coefficient (Wildman–Crippen LogP) is 1.58. The summed E-state index contributed by atoms with van der Waals surface area (Å²) >= 11 is 0. The molecule has 0 aromatic carbocycles. The second-order valence-electron chi connectivity index (χ2n) is 3.79. The molecule has 0 heterocycles. The molecule has 1 aliphatic carbocycles. The van der Waals surface area contributed by atoms with Crippen LogP contribution in [-0.2, 0) is 9.59 Å². The zero-order valence-electron chi connectivity index (χ0n) is 9.43. The Morgan fingerprint density at radius 2 is 2.06 bits per heavy atom. The topological polar surface area (TPSA) is 57.6 Å². The average molecular weight is 223 g/mol. The van der Waals surface area contributed by atoms with Gasteiger partial charge in [0.05, 0.1) is 6.42 Å². The summed E-state index contributed by atoms with van der Waals surface area (Å²) in [5.74, 6) is -0.960. The van der Waals surface area contributed by atoms with E-state index in [1.807, 2.05) is 13.0 Å². The van der Waals surface area contributed by atoms with E-state index < -0.39 is 5.97 Å². The normalized spacial score (nSPS) is 15.8. The fourth-order valence-corrected chi connectivity index (χ4v) is 1.42. The van der Waals surface area contributed by atoms with Crippen LogP contribution in [0.2, 0.25) is 0 Å². The summed E-state index contributed by atoms with van der Waals surface area (Å²) in [5.41, 5.74) is 0. The summed E-state index contributed by atoms with van der Waals surface area (Å²) in [5, 5.41) is 8.59.